The van der Waals surface area contributed by atoms with E-state index in [2.05, 4.69) is 31.7 Å². The van der Waals surface area contributed by atoms with Crippen LogP contribution in [0.4, 0.5) is 0 Å². The van der Waals surface area contributed by atoms with Crippen LogP contribution in [0.2, 0.25) is 0 Å². The van der Waals surface area contributed by atoms with Crippen molar-refractivity contribution in [2.24, 2.45) is 0 Å². The van der Waals surface area contributed by atoms with E-state index in [4.69, 9.17) is 0 Å². The topological polar surface area (TPSA) is 20.3 Å². The molecule has 0 saturated carbocycles. The largest absolute Gasteiger partial charge is 0.292 e. The van der Waals surface area contributed by atoms with E-state index < -0.39 is 0 Å². The molecule has 0 spiro atoms. The average molecular weight is 247 g/mol. The lowest BCUT2D eigenvalue weighted by Gasteiger charge is -2.30. The van der Waals surface area contributed by atoms with Gasteiger partial charge in [0.2, 0.25) is 0 Å². The zero-order chi connectivity index (χ0) is 13.9. The van der Waals surface area contributed by atoms with Crippen LogP contribution in [0.3, 0.4) is 0 Å². The van der Waals surface area contributed by atoms with Crippen molar-refractivity contribution in [2.45, 2.75) is 53.6 Å². The second-order valence-electron chi connectivity index (χ2n) is 5.28. The maximum absolute atomic E-state index is 12.6. The molecule has 1 aromatic rings. The van der Waals surface area contributed by atoms with Gasteiger partial charge >= 0.3 is 0 Å². The van der Waals surface area contributed by atoms with Gasteiger partial charge in [-0.3, -0.25) is 9.69 Å². The first-order valence-corrected chi connectivity index (χ1v) is 6.75. The fourth-order valence-corrected chi connectivity index (χ4v) is 2.46. The van der Waals surface area contributed by atoms with Crippen molar-refractivity contribution < 1.29 is 4.79 Å². The smallest absolute Gasteiger partial charge is 0.179 e. The Labute approximate surface area is 111 Å². The molecule has 0 saturated heterocycles. The Kier molecular flexibility index (Phi) is 5.09. The van der Waals surface area contributed by atoms with Crippen molar-refractivity contribution in [3.8, 4) is 0 Å². The number of likely N-dealkylation sites (N-methyl/N-ethyl adjacent to an activating group) is 1. The molecule has 1 aromatic carbocycles. The van der Waals surface area contributed by atoms with E-state index in [1.807, 2.05) is 32.9 Å². The van der Waals surface area contributed by atoms with Gasteiger partial charge in [-0.1, -0.05) is 24.6 Å². The lowest BCUT2D eigenvalue weighted by atomic mass is 9.97. The number of rotatable bonds is 5. The summed E-state index contributed by atoms with van der Waals surface area (Å²) in [5.41, 5.74) is 3.07. The van der Waals surface area contributed by atoms with Crippen molar-refractivity contribution in [1.82, 2.24) is 4.90 Å². The van der Waals surface area contributed by atoms with E-state index >= 15 is 0 Å². The van der Waals surface area contributed by atoms with E-state index in [9.17, 15) is 4.79 Å². The third kappa shape index (κ3) is 3.20. The number of hydrogen-bond donors (Lipinski definition) is 0. The highest BCUT2D eigenvalue weighted by Gasteiger charge is 2.24. The molecule has 0 aliphatic rings. The standard InChI is InChI=1S/C16H25NO/c1-7-17(11(2)3)14(6)16(18)15-10-12(4)8-9-13(15)5/h8-11,14H,7H2,1-6H3. The van der Waals surface area contributed by atoms with E-state index in [0.717, 1.165) is 23.2 Å². The van der Waals surface area contributed by atoms with E-state index in [1.165, 1.54) is 0 Å². The summed E-state index contributed by atoms with van der Waals surface area (Å²) in [6.07, 6.45) is 0. The summed E-state index contributed by atoms with van der Waals surface area (Å²) in [6, 6.07) is 6.41. The molecule has 0 N–H and O–H groups in total. The molecule has 0 aromatic heterocycles. The Morgan fingerprint density at radius 2 is 1.83 bits per heavy atom. The van der Waals surface area contributed by atoms with Crippen LogP contribution in [0.15, 0.2) is 18.2 Å². The van der Waals surface area contributed by atoms with Crippen LogP contribution in [0, 0.1) is 13.8 Å². The average Bonchev–Trinajstić information content (AvgIpc) is 2.31. The molecule has 0 bridgehead atoms. The second-order valence-corrected chi connectivity index (χ2v) is 5.28. The molecular formula is C16H25NO. The van der Waals surface area contributed by atoms with Gasteiger partial charge in [0, 0.05) is 11.6 Å². The predicted octanol–water partition coefficient (Wildman–Crippen LogP) is 3.60. The van der Waals surface area contributed by atoms with Gasteiger partial charge in [0.05, 0.1) is 6.04 Å². The molecule has 1 rings (SSSR count). The third-order valence-electron chi connectivity index (χ3n) is 3.56. The maximum atomic E-state index is 12.6. The monoisotopic (exact) mass is 247 g/mol. The maximum Gasteiger partial charge on any atom is 0.179 e. The van der Waals surface area contributed by atoms with Crippen LogP contribution in [0.5, 0.6) is 0 Å². The van der Waals surface area contributed by atoms with Crippen LogP contribution in [0.1, 0.15) is 49.2 Å². The molecule has 0 amide bonds. The minimum atomic E-state index is -0.0597. The minimum Gasteiger partial charge on any atom is -0.292 e. The number of benzene rings is 1. The Hall–Kier alpha value is -1.15. The fraction of sp³-hybridized carbons (Fsp3) is 0.562. The highest BCUT2D eigenvalue weighted by molar-refractivity contribution is 6.01. The summed E-state index contributed by atoms with van der Waals surface area (Å²) >= 11 is 0. The van der Waals surface area contributed by atoms with Crippen molar-refractivity contribution in [3.05, 3.63) is 34.9 Å². The molecule has 100 valence electrons. The van der Waals surface area contributed by atoms with Crippen LogP contribution < -0.4 is 0 Å². The second kappa shape index (κ2) is 6.14. The van der Waals surface area contributed by atoms with Gasteiger partial charge in [-0.05, 0) is 52.8 Å². The lowest BCUT2D eigenvalue weighted by Crippen LogP contribution is -2.43. The molecule has 0 radical (unpaired) electrons. The van der Waals surface area contributed by atoms with E-state index in [0.29, 0.717) is 6.04 Å². The van der Waals surface area contributed by atoms with Crippen molar-refractivity contribution in [3.63, 3.8) is 0 Å². The van der Waals surface area contributed by atoms with Gasteiger partial charge in [0.25, 0.3) is 0 Å². The zero-order valence-electron chi connectivity index (χ0n) is 12.4. The summed E-state index contributed by atoms with van der Waals surface area (Å²) in [5.74, 6) is 0.228. The predicted molar refractivity (Wildman–Crippen MR) is 77.2 cm³/mol. The van der Waals surface area contributed by atoms with Crippen LogP contribution in [-0.2, 0) is 0 Å². The number of carbonyl (C=O) groups is 1. The van der Waals surface area contributed by atoms with Gasteiger partial charge in [0.15, 0.2) is 5.78 Å². The van der Waals surface area contributed by atoms with Gasteiger partial charge in [-0.2, -0.15) is 0 Å². The van der Waals surface area contributed by atoms with Gasteiger partial charge in [-0.15, -0.1) is 0 Å². The zero-order valence-corrected chi connectivity index (χ0v) is 12.4. The van der Waals surface area contributed by atoms with Crippen LogP contribution in [-0.4, -0.2) is 29.3 Å². The molecular weight excluding hydrogens is 222 g/mol. The number of hydrogen-bond acceptors (Lipinski definition) is 2. The van der Waals surface area contributed by atoms with Gasteiger partial charge in [-0.25, -0.2) is 0 Å². The first kappa shape index (κ1) is 14.9. The number of nitrogens with zero attached hydrogens (tertiary/aromatic N) is 1. The van der Waals surface area contributed by atoms with E-state index in [-0.39, 0.29) is 11.8 Å². The SMILES string of the molecule is CCN(C(C)C)C(C)C(=O)c1cc(C)ccc1C. The molecule has 1 atom stereocenters. The normalized spacial score (nSPS) is 13.1. The Morgan fingerprint density at radius 3 is 2.33 bits per heavy atom. The minimum absolute atomic E-state index is 0.0597. The molecule has 2 heteroatoms. The molecule has 0 aliphatic carbocycles. The Morgan fingerprint density at radius 1 is 1.22 bits per heavy atom. The number of Topliss-reactive ketones (excluding diaryl/α,β-unsaturated/α-hetero) is 1. The summed E-state index contributed by atoms with van der Waals surface area (Å²) in [4.78, 5) is 14.8. The first-order chi connectivity index (χ1) is 8.38. The number of aryl methyl sites for hydroxylation is 2. The summed E-state index contributed by atoms with van der Waals surface area (Å²) < 4.78 is 0. The summed E-state index contributed by atoms with van der Waals surface area (Å²) in [7, 11) is 0. The Bertz CT molecular complexity index is 423. The molecule has 0 heterocycles. The number of carbonyl (C=O) groups excluding carboxylic acids is 1. The van der Waals surface area contributed by atoms with Crippen LogP contribution >= 0.6 is 0 Å². The van der Waals surface area contributed by atoms with Gasteiger partial charge in [0.1, 0.15) is 0 Å². The third-order valence-corrected chi connectivity index (χ3v) is 3.56. The summed E-state index contributed by atoms with van der Waals surface area (Å²) in [5, 5.41) is 0. The first-order valence-electron chi connectivity index (χ1n) is 6.75. The molecule has 0 fully saturated rings. The highest BCUT2D eigenvalue weighted by atomic mass is 16.1. The van der Waals surface area contributed by atoms with Crippen molar-refractivity contribution in [1.29, 1.82) is 0 Å². The molecule has 1 unspecified atom stereocenters. The molecule has 18 heavy (non-hydrogen) atoms. The fourth-order valence-electron chi connectivity index (χ4n) is 2.46. The van der Waals surface area contributed by atoms with Crippen LogP contribution in [0.25, 0.3) is 0 Å². The van der Waals surface area contributed by atoms with Crippen molar-refractivity contribution in [2.75, 3.05) is 6.54 Å². The van der Waals surface area contributed by atoms with E-state index in [1.54, 1.807) is 0 Å². The highest BCUT2D eigenvalue weighted by Crippen LogP contribution is 2.16. The van der Waals surface area contributed by atoms with Crippen molar-refractivity contribution >= 4 is 5.78 Å². The number of ketones is 1. The molecule has 2 nitrogen and oxygen atoms in total. The Balaban J connectivity index is 3.02. The summed E-state index contributed by atoms with van der Waals surface area (Å²) in [6.45, 7) is 13.3. The lowest BCUT2D eigenvalue weighted by molar-refractivity contribution is 0.0799. The molecule has 0 aliphatic heterocycles. The van der Waals surface area contributed by atoms with Gasteiger partial charge < -0.3 is 0 Å². The quantitative estimate of drug-likeness (QED) is 0.741.